The second kappa shape index (κ2) is 5.83. The molecule has 0 aliphatic rings. The van der Waals surface area contributed by atoms with Crippen LogP contribution in [0.5, 0.6) is 0 Å². The van der Waals surface area contributed by atoms with Crippen LogP contribution in [0.1, 0.15) is 6.42 Å². The Morgan fingerprint density at radius 2 is 2.29 bits per heavy atom. The third kappa shape index (κ3) is 3.44. The van der Waals surface area contributed by atoms with Crippen LogP contribution in [0.3, 0.4) is 0 Å². The van der Waals surface area contributed by atoms with Crippen molar-refractivity contribution in [1.29, 1.82) is 0 Å². The Hall–Kier alpha value is -2.11. The molecule has 2 aromatic heterocycles. The zero-order valence-corrected chi connectivity index (χ0v) is 9.80. The predicted molar refractivity (Wildman–Crippen MR) is 66.9 cm³/mol. The fraction of sp³-hybridized carbons (Fsp3) is 0.364. The minimum absolute atomic E-state index is 0.867. The molecule has 90 valence electrons. The molecule has 0 spiro atoms. The maximum atomic E-state index is 4.15. The highest BCUT2D eigenvalue weighted by molar-refractivity contribution is 5.51. The maximum absolute atomic E-state index is 4.15. The average Bonchev–Trinajstić information content (AvgIpc) is 2.88. The van der Waals surface area contributed by atoms with Crippen molar-refractivity contribution in [1.82, 2.24) is 20.0 Å². The number of hydrogen-bond donors (Lipinski definition) is 2. The van der Waals surface area contributed by atoms with Crippen molar-refractivity contribution in [2.24, 2.45) is 0 Å². The van der Waals surface area contributed by atoms with Crippen LogP contribution in [-0.2, 0) is 6.54 Å². The quantitative estimate of drug-likeness (QED) is 0.733. The first-order valence-corrected chi connectivity index (χ1v) is 5.60. The molecule has 0 unspecified atom stereocenters. The van der Waals surface area contributed by atoms with Crippen LogP contribution in [-0.4, -0.2) is 33.6 Å². The van der Waals surface area contributed by atoms with Gasteiger partial charge in [-0.25, -0.2) is 4.98 Å². The van der Waals surface area contributed by atoms with Gasteiger partial charge in [-0.1, -0.05) is 5.21 Å². The first kappa shape index (κ1) is 11.4. The van der Waals surface area contributed by atoms with Gasteiger partial charge in [0.15, 0.2) is 0 Å². The van der Waals surface area contributed by atoms with Crippen molar-refractivity contribution in [3.63, 3.8) is 0 Å². The molecule has 6 nitrogen and oxygen atoms in total. The molecule has 2 rings (SSSR count). The topological polar surface area (TPSA) is 67.7 Å². The molecule has 0 aliphatic heterocycles. The van der Waals surface area contributed by atoms with Crippen LogP contribution < -0.4 is 10.6 Å². The van der Waals surface area contributed by atoms with Crippen molar-refractivity contribution < 1.29 is 0 Å². The summed E-state index contributed by atoms with van der Waals surface area (Å²) in [6.45, 7) is 1.77. The van der Waals surface area contributed by atoms with Gasteiger partial charge in [-0.3, -0.25) is 4.68 Å². The lowest BCUT2D eigenvalue weighted by atomic mass is 10.3. The molecule has 2 heterocycles. The van der Waals surface area contributed by atoms with E-state index in [0.717, 1.165) is 31.0 Å². The Bertz CT molecular complexity index is 439. The first-order chi connectivity index (χ1) is 8.38. The summed E-state index contributed by atoms with van der Waals surface area (Å²) in [5, 5.41) is 14.0. The van der Waals surface area contributed by atoms with Crippen molar-refractivity contribution >= 4 is 11.5 Å². The monoisotopic (exact) mass is 232 g/mol. The molecule has 0 amide bonds. The van der Waals surface area contributed by atoms with Gasteiger partial charge < -0.3 is 10.6 Å². The van der Waals surface area contributed by atoms with Gasteiger partial charge in [-0.15, -0.1) is 5.10 Å². The number of pyridine rings is 1. The summed E-state index contributed by atoms with van der Waals surface area (Å²) in [7, 11) is 1.86. The fourth-order valence-corrected chi connectivity index (χ4v) is 1.50. The minimum atomic E-state index is 0.867. The van der Waals surface area contributed by atoms with Gasteiger partial charge in [0.1, 0.15) is 5.82 Å². The highest BCUT2D eigenvalue weighted by Crippen LogP contribution is 2.10. The van der Waals surface area contributed by atoms with Crippen LogP contribution in [0.4, 0.5) is 11.5 Å². The van der Waals surface area contributed by atoms with E-state index >= 15 is 0 Å². The highest BCUT2D eigenvalue weighted by atomic mass is 15.4. The van der Waals surface area contributed by atoms with Crippen LogP contribution in [0, 0.1) is 0 Å². The van der Waals surface area contributed by atoms with E-state index in [1.807, 2.05) is 30.1 Å². The van der Waals surface area contributed by atoms with E-state index in [4.69, 9.17) is 0 Å². The number of hydrogen-bond acceptors (Lipinski definition) is 5. The lowest BCUT2D eigenvalue weighted by Crippen LogP contribution is -2.07. The Morgan fingerprint density at radius 3 is 3.06 bits per heavy atom. The summed E-state index contributed by atoms with van der Waals surface area (Å²) in [5.74, 6) is 0.867. The molecule has 0 saturated carbocycles. The molecular formula is C11H16N6. The van der Waals surface area contributed by atoms with E-state index in [-0.39, 0.29) is 0 Å². The Balaban J connectivity index is 1.74. The largest absolute Gasteiger partial charge is 0.385 e. The van der Waals surface area contributed by atoms with Crippen molar-refractivity contribution in [2.45, 2.75) is 13.0 Å². The number of aromatic nitrogens is 4. The summed E-state index contributed by atoms with van der Waals surface area (Å²) in [6.07, 6.45) is 6.34. The standard InChI is InChI=1S/C11H16N6/c1-12-11-9-10(3-5-14-11)13-4-2-7-17-8-6-15-16-17/h3,5-6,8-9H,2,4,7H2,1H3,(H2,12,13,14). The molecule has 0 atom stereocenters. The van der Waals surface area contributed by atoms with Crippen LogP contribution in [0.2, 0.25) is 0 Å². The Morgan fingerprint density at radius 1 is 1.35 bits per heavy atom. The second-order valence-corrected chi connectivity index (χ2v) is 3.63. The lowest BCUT2D eigenvalue weighted by molar-refractivity contribution is 0.570. The third-order valence-electron chi connectivity index (χ3n) is 2.38. The summed E-state index contributed by atoms with van der Waals surface area (Å²) < 4.78 is 1.83. The molecule has 0 fully saturated rings. The van der Waals surface area contributed by atoms with Crippen molar-refractivity contribution in [2.75, 3.05) is 24.2 Å². The molecule has 0 bridgehead atoms. The average molecular weight is 232 g/mol. The highest BCUT2D eigenvalue weighted by Gasteiger charge is 1.95. The number of aryl methyl sites for hydroxylation is 1. The van der Waals surface area contributed by atoms with Gasteiger partial charge in [-0.2, -0.15) is 0 Å². The summed E-state index contributed by atoms with van der Waals surface area (Å²) >= 11 is 0. The van der Waals surface area contributed by atoms with Gasteiger partial charge in [0.2, 0.25) is 0 Å². The van der Waals surface area contributed by atoms with E-state index in [9.17, 15) is 0 Å². The fourth-order valence-electron chi connectivity index (χ4n) is 1.50. The summed E-state index contributed by atoms with van der Waals surface area (Å²) in [6, 6.07) is 3.94. The van der Waals surface area contributed by atoms with Crippen molar-refractivity contribution in [3.8, 4) is 0 Å². The normalized spacial score (nSPS) is 10.2. The Kier molecular flexibility index (Phi) is 3.90. The molecule has 6 heteroatoms. The molecule has 2 aromatic rings. The zero-order valence-electron chi connectivity index (χ0n) is 9.80. The SMILES string of the molecule is CNc1cc(NCCCn2ccnn2)ccn1. The predicted octanol–water partition coefficient (Wildman–Crippen LogP) is 1.22. The summed E-state index contributed by atoms with van der Waals surface area (Å²) in [5.41, 5.74) is 1.07. The third-order valence-corrected chi connectivity index (χ3v) is 2.38. The van der Waals surface area contributed by atoms with E-state index in [1.165, 1.54) is 0 Å². The number of nitrogens with zero attached hydrogens (tertiary/aromatic N) is 4. The van der Waals surface area contributed by atoms with Crippen LogP contribution in [0.25, 0.3) is 0 Å². The molecule has 0 saturated heterocycles. The summed E-state index contributed by atoms with van der Waals surface area (Å²) in [4.78, 5) is 4.15. The molecule has 0 aromatic carbocycles. The van der Waals surface area contributed by atoms with Gasteiger partial charge in [0, 0.05) is 44.3 Å². The van der Waals surface area contributed by atoms with Crippen LogP contribution in [0.15, 0.2) is 30.7 Å². The molecule has 0 aliphatic carbocycles. The smallest absolute Gasteiger partial charge is 0.127 e. The van der Waals surface area contributed by atoms with Gasteiger partial charge in [0.05, 0.1) is 6.20 Å². The minimum Gasteiger partial charge on any atom is -0.385 e. The molecule has 0 radical (unpaired) electrons. The van der Waals surface area contributed by atoms with Crippen LogP contribution >= 0.6 is 0 Å². The number of anilines is 2. The molecular weight excluding hydrogens is 216 g/mol. The van der Waals surface area contributed by atoms with E-state index in [2.05, 4.69) is 25.9 Å². The van der Waals surface area contributed by atoms with E-state index < -0.39 is 0 Å². The lowest BCUT2D eigenvalue weighted by Gasteiger charge is -2.07. The van der Waals surface area contributed by atoms with Gasteiger partial charge >= 0.3 is 0 Å². The molecule has 2 N–H and O–H groups in total. The zero-order chi connectivity index (χ0) is 11.9. The Labute approximate surface area is 100 Å². The second-order valence-electron chi connectivity index (χ2n) is 3.63. The van der Waals surface area contributed by atoms with E-state index in [0.29, 0.717) is 0 Å². The van der Waals surface area contributed by atoms with E-state index in [1.54, 1.807) is 12.4 Å². The van der Waals surface area contributed by atoms with Crippen molar-refractivity contribution in [3.05, 3.63) is 30.7 Å². The molecule has 17 heavy (non-hydrogen) atoms. The number of rotatable bonds is 6. The maximum Gasteiger partial charge on any atom is 0.127 e. The first-order valence-electron chi connectivity index (χ1n) is 5.60. The van der Waals surface area contributed by atoms with Gasteiger partial charge in [0.25, 0.3) is 0 Å². The van der Waals surface area contributed by atoms with Gasteiger partial charge in [-0.05, 0) is 12.5 Å². The number of nitrogens with one attached hydrogen (secondary N) is 2.